The lowest BCUT2D eigenvalue weighted by molar-refractivity contribution is -0.119. The number of carbonyl (C=O) groups is 3. The molecule has 3 aromatic carbocycles. The van der Waals surface area contributed by atoms with E-state index < -0.39 is 23.8 Å². The van der Waals surface area contributed by atoms with Gasteiger partial charge in [-0.05, 0) is 31.2 Å². The van der Waals surface area contributed by atoms with Crippen molar-refractivity contribution >= 4 is 34.7 Å². The van der Waals surface area contributed by atoms with E-state index in [0.717, 1.165) is 26.7 Å². The molecule has 0 fully saturated rings. The van der Waals surface area contributed by atoms with E-state index in [1.54, 1.807) is 54.7 Å². The van der Waals surface area contributed by atoms with Crippen LogP contribution in [0.5, 0.6) is 0 Å². The zero-order chi connectivity index (χ0) is 22.9. The first-order valence-corrected chi connectivity index (χ1v) is 11.3. The predicted octanol–water partition coefficient (Wildman–Crippen LogP) is 5.10. The molecule has 5 rings (SSSR count). The van der Waals surface area contributed by atoms with Gasteiger partial charge in [0, 0.05) is 22.2 Å². The quantitative estimate of drug-likeness (QED) is 0.427. The fourth-order valence-electron chi connectivity index (χ4n) is 3.77. The van der Waals surface area contributed by atoms with Crippen LogP contribution >= 0.6 is 11.3 Å². The van der Waals surface area contributed by atoms with Crippen LogP contribution in [0.25, 0.3) is 21.8 Å². The molecule has 4 aromatic rings. The van der Waals surface area contributed by atoms with E-state index in [1.165, 1.54) is 0 Å². The Morgan fingerprint density at radius 1 is 0.848 bits per heavy atom. The van der Waals surface area contributed by atoms with Gasteiger partial charge in [-0.2, -0.15) is 0 Å². The summed E-state index contributed by atoms with van der Waals surface area (Å²) < 4.78 is 0. The molecule has 2 heterocycles. The Bertz CT molecular complexity index is 1330. The lowest BCUT2D eigenvalue weighted by atomic mass is 10.1. The highest BCUT2D eigenvalue weighted by Crippen LogP contribution is 2.29. The third-order valence-electron chi connectivity index (χ3n) is 5.57. The molecule has 1 N–H and O–H groups in total. The molecule has 1 atom stereocenters. The fourth-order valence-corrected chi connectivity index (χ4v) is 4.60. The largest absolute Gasteiger partial charge is 0.324 e. The van der Waals surface area contributed by atoms with Crippen molar-refractivity contribution in [2.75, 3.05) is 5.32 Å². The van der Waals surface area contributed by atoms with Gasteiger partial charge in [0.25, 0.3) is 11.8 Å². The zero-order valence-corrected chi connectivity index (χ0v) is 18.5. The highest BCUT2D eigenvalue weighted by atomic mass is 32.1. The summed E-state index contributed by atoms with van der Waals surface area (Å²) in [4.78, 5) is 43.8. The second-order valence-electron chi connectivity index (χ2n) is 7.67. The van der Waals surface area contributed by atoms with Crippen LogP contribution in [0.3, 0.4) is 0 Å². The molecule has 6 nitrogen and oxygen atoms in total. The molecule has 0 aliphatic carbocycles. The standard InChI is InChI=1S/C26H19N3O3S/c1-16(29-25(31)20-9-5-6-10-21(20)26(29)32)23(30)27-19-13-11-17(12-14-19)22-15-33-24(28-22)18-7-3-2-4-8-18/h2-16H,1H3,(H,27,30)/t16-/m0/s1. The zero-order valence-electron chi connectivity index (χ0n) is 17.7. The van der Waals surface area contributed by atoms with Crippen LogP contribution in [0.1, 0.15) is 27.6 Å². The second kappa shape index (κ2) is 8.44. The lowest BCUT2D eigenvalue weighted by Crippen LogP contribution is -2.45. The van der Waals surface area contributed by atoms with Crippen LogP contribution in [0.15, 0.2) is 84.2 Å². The summed E-state index contributed by atoms with van der Waals surface area (Å²) in [5, 5.41) is 5.74. The highest BCUT2D eigenvalue weighted by molar-refractivity contribution is 7.13. The van der Waals surface area contributed by atoms with E-state index in [1.807, 2.05) is 47.8 Å². The van der Waals surface area contributed by atoms with Crippen molar-refractivity contribution in [3.63, 3.8) is 0 Å². The van der Waals surface area contributed by atoms with Crippen molar-refractivity contribution in [2.45, 2.75) is 13.0 Å². The maximum Gasteiger partial charge on any atom is 0.262 e. The number of benzene rings is 3. The maximum absolute atomic E-state index is 12.8. The van der Waals surface area contributed by atoms with E-state index in [-0.39, 0.29) is 0 Å². The lowest BCUT2D eigenvalue weighted by Gasteiger charge is -2.21. The molecule has 162 valence electrons. The van der Waals surface area contributed by atoms with E-state index in [9.17, 15) is 14.4 Å². The van der Waals surface area contributed by atoms with Gasteiger partial charge in [0.1, 0.15) is 11.0 Å². The normalized spacial score (nSPS) is 13.7. The topological polar surface area (TPSA) is 79.4 Å². The van der Waals surface area contributed by atoms with Gasteiger partial charge < -0.3 is 5.32 Å². The van der Waals surface area contributed by atoms with Crippen molar-refractivity contribution in [1.82, 2.24) is 9.88 Å². The van der Waals surface area contributed by atoms with Gasteiger partial charge in [-0.25, -0.2) is 4.98 Å². The monoisotopic (exact) mass is 453 g/mol. The van der Waals surface area contributed by atoms with E-state index in [4.69, 9.17) is 4.98 Å². The Morgan fingerprint density at radius 3 is 2.09 bits per heavy atom. The summed E-state index contributed by atoms with van der Waals surface area (Å²) in [6, 6.07) is 23.0. The van der Waals surface area contributed by atoms with Crippen molar-refractivity contribution in [3.8, 4) is 21.8 Å². The maximum atomic E-state index is 12.8. The molecule has 3 amide bonds. The average Bonchev–Trinajstić information content (AvgIpc) is 3.44. The van der Waals surface area contributed by atoms with Crippen molar-refractivity contribution in [2.24, 2.45) is 0 Å². The first-order valence-electron chi connectivity index (χ1n) is 10.4. The first kappa shape index (κ1) is 20.8. The van der Waals surface area contributed by atoms with Gasteiger partial charge in [-0.3, -0.25) is 19.3 Å². The number of amides is 3. The van der Waals surface area contributed by atoms with Crippen LogP contribution < -0.4 is 5.32 Å². The van der Waals surface area contributed by atoms with Crippen molar-refractivity contribution in [1.29, 1.82) is 0 Å². The SMILES string of the molecule is C[C@@H](C(=O)Nc1ccc(-c2csc(-c3ccccc3)n2)cc1)N1C(=O)c2ccccc2C1=O. The molecule has 0 bridgehead atoms. The van der Waals surface area contributed by atoms with Crippen LogP contribution in [0, 0.1) is 0 Å². The number of nitrogens with zero attached hydrogens (tertiary/aromatic N) is 2. The molecule has 0 spiro atoms. The summed E-state index contributed by atoms with van der Waals surface area (Å²) in [5.41, 5.74) is 4.08. The molecule has 0 saturated carbocycles. The van der Waals surface area contributed by atoms with Crippen molar-refractivity contribution in [3.05, 3.63) is 95.4 Å². The number of thiazole rings is 1. The minimum absolute atomic E-state index is 0.324. The smallest absolute Gasteiger partial charge is 0.262 e. The summed E-state index contributed by atoms with van der Waals surface area (Å²) in [6.07, 6.45) is 0. The molecule has 0 radical (unpaired) electrons. The Kier molecular flexibility index (Phi) is 5.32. The summed E-state index contributed by atoms with van der Waals surface area (Å²) >= 11 is 1.58. The van der Waals surface area contributed by atoms with Gasteiger partial charge in [0.05, 0.1) is 16.8 Å². The average molecular weight is 454 g/mol. The second-order valence-corrected chi connectivity index (χ2v) is 8.53. The molecule has 0 unspecified atom stereocenters. The number of rotatable bonds is 5. The number of hydrogen-bond acceptors (Lipinski definition) is 5. The van der Waals surface area contributed by atoms with E-state index in [2.05, 4.69) is 5.32 Å². The Hall–Kier alpha value is -4.10. The minimum atomic E-state index is -0.941. The molecule has 0 saturated heterocycles. The highest BCUT2D eigenvalue weighted by Gasteiger charge is 2.40. The number of anilines is 1. The van der Waals surface area contributed by atoms with Gasteiger partial charge in [0.2, 0.25) is 5.91 Å². The molecule has 1 aromatic heterocycles. The van der Waals surface area contributed by atoms with Gasteiger partial charge >= 0.3 is 0 Å². The third kappa shape index (κ3) is 3.83. The van der Waals surface area contributed by atoms with E-state index in [0.29, 0.717) is 16.8 Å². The van der Waals surface area contributed by atoms with Crippen LogP contribution in [0.2, 0.25) is 0 Å². The van der Waals surface area contributed by atoms with E-state index >= 15 is 0 Å². The summed E-state index contributed by atoms with van der Waals surface area (Å²) in [7, 11) is 0. The van der Waals surface area contributed by atoms with Crippen molar-refractivity contribution < 1.29 is 14.4 Å². The Balaban J connectivity index is 1.28. The summed E-state index contributed by atoms with van der Waals surface area (Å²) in [6.45, 7) is 1.55. The molecule has 33 heavy (non-hydrogen) atoms. The molecule has 1 aliphatic heterocycles. The summed E-state index contributed by atoms with van der Waals surface area (Å²) in [5.74, 6) is -1.34. The number of imide groups is 1. The first-order chi connectivity index (χ1) is 16.0. The molecular formula is C26H19N3O3S. The third-order valence-corrected chi connectivity index (χ3v) is 6.46. The number of nitrogens with one attached hydrogen (secondary N) is 1. The van der Waals surface area contributed by atoms with Gasteiger partial charge in [0.15, 0.2) is 0 Å². The minimum Gasteiger partial charge on any atom is -0.324 e. The molecule has 1 aliphatic rings. The number of hydrogen-bond donors (Lipinski definition) is 1. The number of aromatic nitrogens is 1. The van der Waals surface area contributed by atoms with Gasteiger partial charge in [-0.1, -0.05) is 54.6 Å². The fraction of sp³-hybridized carbons (Fsp3) is 0.0769. The van der Waals surface area contributed by atoms with Gasteiger partial charge in [-0.15, -0.1) is 11.3 Å². The van der Waals surface area contributed by atoms with Crippen LogP contribution in [-0.4, -0.2) is 33.6 Å². The number of fused-ring (bicyclic) bond motifs is 1. The Morgan fingerprint density at radius 2 is 1.45 bits per heavy atom. The van der Waals surface area contributed by atoms with Crippen LogP contribution in [-0.2, 0) is 4.79 Å². The molecular weight excluding hydrogens is 434 g/mol. The predicted molar refractivity (Wildman–Crippen MR) is 128 cm³/mol. The number of carbonyl (C=O) groups excluding carboxylic acids is 3. The molecule has 7 heteroatoms. The Labute approximate surface area is 194 Å². The van der Waals surface area contributed by atoms with Crippen LogP contribution in [0.4, 0.5) is 5.69 Å².